The quantitative estimate of drug-likeness (QED) is 0.264. The van der Waals surface area contributed by atoms with E-state index >= 15 is 0 Å². The van der Waals surface area contributed by atoms with Gasteiger partial charge < -0.3 is 34.1 Å². The third-order valence-electron chi connectivity index (χ3n) is 4.66. The number of aliphatic carboxylic acids is 1. The Balaban J connectivity index is 2.86. The van der Waals surface area contributed by atoms with Crippen LogP contribution in [0.3, 0.4) is 0 Å². The Bertz CT molecular complexity index is 825. The Kier molecular flexibility index (Phi) is 11.7. The first-order valence-electron chi connectivity index (χ1n) is 10.4. The van der Waals surface area contributed by atoms with Crippen LogP contribution in [0.15, 0.2) is 18.2 Å². The average Bonchev–Trinajstić information content (AvgIpc) is 2.77. The molecule has 2 unspecified atom stereocenters. The van der Waals surface area contributed by atoms with Gasteiger partial charge in [0.1, 0.15) is 12.1 Å². The molecule has 1 aromatic rings. The average molecular weight is 469 g/mol. The summed E-state index contributed by atoms with van der Waals surface area (Å²) in [7, 11) is 2.22. The number of ether oxygens (including phenoxy) is 5. The second-order valence-corrected chi connectivity index (χ2v) is 7.41. The van der Waals surface area contributed by atoms with E-state index in [1.807, 2.05) is 13.8 Å². The van der Waals surface area contributed by atoms with Gasteiger partial charge in [0.2, 0.25) is 0 Å². The van der Waals surface area contributed by atoms with Gasteiger partial charge in [0.15, 0.2) is 11.5 Å². The third-order valence-corrected chi connectivity index (χ3v) is 4.66. The maximum absolute atomic E-state index is 11.9. The lowest BCUT2D eigenvalue weighted by Gasteiger charge is -2.20. The number of carbonyl (C=O) groups is 4. The van der Waals surface area contributed by atoms with Crippen LogP contribution in [0.1, 0.15) is 39.2 Å². The van der Waals surface area contributed by atoms with Crippen LogP contribution in [0.2, 0.25) is 0 Å². The van der Waals surface area contributed by atoms with Gasteiger partial charge >= 0.3 is 24.2 Å². The van der Waals surface area contributed by atoms with Crippen molar-refractivity contribution in [2.45, 2.75) is 52.2 Å². The van der Waals surface area contributed by atoms with E-state index in [4.69, 9.17) is 14.2 Å². The SMILES string of the molecule is CCC(C)CC(=O)OC(C)CN[C@@H](Cc1ccc(OC(=O)OC)c(OC(=O)OC)c1)C(=O)O. The fourth-order valence-electron chi connectivity index (χ4n) is 2.64. The molecule has 0 saturated heterocycles. The molecule has 0 fully saturated rings. The molecule has 0 radical (unpaired) electrons. The molecule has 0 aliphatic carbocycles. The van der Waals surface area contributed by atoms with Crippen molar-refractivity contribution in [3.63, 3.8) is 0 Å². The molecular weight excluding hydrogens is 438 g/mol. The Labute approximate surface area is 192 Å². The van der Waals surface area contributed by atoms with Gasteiger partial charge in [-0.3, -0.25) is 9.59 Å². The minimum atomic E-state index is -1.13. The zero-order valence-electron chi connectivity index (χ0n) is 19.4. The number of carbonyl (C=O) groups excluding carboxylic acids is 3. The summed E-state index contributed by atoms with van der Waals surface area (Å²) in [6, 6.07) is 3.17. The second-order valence-electron chi connectivity index (χ2n) is 7.41. The van der Waals surface area contributed by atoms with Crippen molar-refractivity contribution < 1.29 is 48.0 Å². The van der Waals surface area contributed by atoms with E-state index in [9.17, 15) is 24.3 Å². The predicted molar refractivity (Wildman–Crippen MR) is 115 cm³/mol. The minimum absolute atomic E-state index is 0.00109. The van der Waals surface area contributed by atoms with Crippen LogP contribution >= 0.6 is 0 Å². The zero-order valence-corrected chi connectivity index (χ0v) is 19.4. The van der Waals surface area contributed by atoms with Crippen LogP contribution in [0, 0.1) is 5.92 Å². The molecule has 11 nitrogen and oxygen atoms in total. The van der Waals surface area contributed by atoms with Crippen molar-refractivity contribution in [2.75, 3.05) is 20.8 Å². The molecule has 0 spiro atoms. The van der Waals surface area contributed by atoms with E-state index < -0.39 is 30.4 Å². The van der Waals surface area contributed by atoms with Gasteiger partial charge in [-0.15, -0.1) is 0 Å². The van der Waals surface area contributed by atoms with E-state index in [0.29, 0.717) is 12.0 Å². The van der Waals surface area contributed by atoms with E-state index in [-0.39, 0.29) is 36.4 Å². The van der Waals surface area contributed by atoms with E-state index in [2.05, 4.69) is 14.8 Å². The number of benzene rings is 1. The van der Waals surface area contributed by atoms with Crippen LogP contribution < -0.4 is 14.8 Å². The largest absolute Gasteiger partial charge is 0.513 e. The fourth-order valence-corrected chi connectivity index (χ4v) is 2.64. The number of hydrogen-bond donors (Lipinski definition) is 2. The molecular formula is C22H31NO10. The Morgan fingerprint density at radius 1 is 1.00 bits per heavy atom. The lowest BCUT2D eigenvalue weighted by atomic mass is 10.0. The summed E-state index contributed by atoms with van der Waals surface area (Å²) in [5, 5.41) is 12.4. The molecule has 33 heavy (non-hydrogen) atoms. The number of esters is 1. The van der Waals surface area contributed by atoms with Crippen LogP contribution in [0.25, 0.3) is 0 Å². The molecule has 0 bridgehead atoms. The molecule has 11 heteroatoms. The first-order chi connectivity index (χ1) is 15.6. The number of carboxylic acid groups (broad SMARTS) is 1. The minimum Gasteiger partial charge on any atom is -0.480 e. The molecule has 184 valence electrons. The molecule has 0 aliphatic rings. The number of hydrogen-bond acceptors (Lipinski definition) is 10. The van der Waals surface area contributed by atoms with E-state index in [1.54, 1.807) is 6.92 Å². The first kappa shape index (κ1) is 27.7. The molecule has 2 N–H and O–H groups in total. The fraction of sp³-hybridized carbons (Fsp3) is 0.545. The van der Waals surface area contributed by atoms with Crippen molar-refractivity contribution in [3.8, 4) is 11.5 Å². The molecule has 1 rings (SSSR count). The summed E-state index contributed by atoms with van der Waals surface area (Å²) in [5.74, 6) is -1.52. The molecule has 0 aromatic heterocycles. The van der Waals surface area contributed by atoms with Crippen LogP contribution in [-0.4, -0.2) is 62.3 Å². The van der Waals surface area contributed by atoms with Gasteiger partial charge in [-0.25, -0.2) is 9.59 Å². The highest BCUT2D eigenvalue weighted by Crippen LogP contribution is 2.30. The van der Waals surface area contributed by atoms with Crippen LogP contribution in [0.5, 0.6) is 11.5 Å². The number of rotatable bonds is 12. The molecule has 3 atom stereocenters. The van der Waals surface area contributed by atoms with E-state index in [1.165, 1.54) is 18.2 Å². The summed E-state index contributed by atoms with van der Waals surface area (Å²) in [5.41, 5.74) is 0.465. The monoisotopic (exact) mass is 469 g/mol. The van der Waals surface area contributed by atoms with Crippen molar-refractivity contribution in [3.05, 3.63) is 23.8 Å². The highest BCUT2D eigenvalue weighted by Gasteiger charge is 2.22. The van der Waals surface area contributed by atoms with Gasteiger partial charge in [0.25, 0.3) is 0 Å². The standard InChI is InChI=1S/C22H31NO10/c1-6-13(2)9-19(24)31-14(3)12-23-16(20(25)26)10-15-7-8-17(32-21(27)29-4)18(11-15)33-22(28)30-5/h7-8,11,13-14,16,23H,6,9-10,12H2,1-5H3,(H,25,26)/t13?,14?,16-/m0/s1. The van der Waals surface area contributed by atoms with Gasteiger partial charge in [-0.05, 0) is 37.0 Å². The third kappa shape index (κ3) is 10.2. The van der Waals surface area contributed by atoms with Crippen LogP contribution in [0.4, 0.5) is 9.59 Å². The summed E-state index contributed by atoms with van der Waals surface area (Å²) in [4.78, 5) is 46.6. The highest BCUT2D eigenvalue weighted by molar-refractivity contribution is 5.74. The molecule has 0 saturated carbocycles. The van der Waals surface area contributed by atoms with Gasteiger partial charge in [-0.2, -0.15) is 0 Å². The molecule has 0 amide bonds. The predicted octanol–water partition coefficient (Wildman–Crippen LogP) is 2.93. The van der Waals surface area contributed by atoms with Crippen molar-refractivity contribution in [2.24, 2.45) is 5.92 Å². The second kappa shape index (κ2) is 13.9. The van der Waals surface area contributed by atoms with Gasteiger partial charge in [0.05, 0.1) is 14.2 Å². The highest BCUT2D eigenvalue weighted by atomic mass is 16.7. The molecule has 0 aliphatic heterocycles. The molecule has 0 heterocycles. The van der Waals surface area contributed by atoms with Gasteiger partial charge in [-0.1, -0.05) is 26.3 Å². The first-order valence-corrected chi connectivity index (χ1v) is 10.4. The maximum Gasteiger partial charge on any atom is 0.513 e. The summed E-state index contributed by atoms with van der Waals surface area (Å²) >= 11 is 0. The summed E-state index contributed by atoms with van der Waals surface area (Å²) in [6.07, 6.45) is -1.46. The van der Waals surface area contributed by atoms with E-state index in [0.717, 1.165) is 20.6 Å². The van der Waals surface area contributed by atoms with Crippen LogP contribution in [-0.2, 0) is 30.2 Å². The Hall–Kier alpha value is -3.34. The Morgan fingerprint density at radius 2 is 1.61 bits per heavy atom. The summed E-state index contributed by atoms with van der Waals surface area (Å²) in [6.45, 7) is 5.72. The number of methoxy groups -OCH3 is 2. The maximum atomic E-state index is 11.9. The van der Waals surface area contributed by atoms with Crippen molar-refractivity contribution >= 4 is 24.2 Å². The van der Waals surface area contributed by atoms with Crippen molar-refractivity contribution in [1.82, 2.24) is 5.32 Å². The topological polar surface area (TPSA) is 147 Å². The summed E-state index contributed by atoms with van der Waals surface area (Å²) < 4.78 is 24.1. The number of nitrogens with one attached hydrogen (secondary N) is 1. The lowest BCUT2D eigenvalue weighted by Crippen LogP contribution is -2.42. The molecule has 1 aromatic carbocycles. The van der Waals surface area contributed by atoms with Gasteiger partial charge in [0, 0.05) is 13.0 Å². The number of carboxylic acids is 1. The Morgan fingerprint density at radius 3 is 2.15 bits per heavy atom. The van der Waals surface area contributed by atoms with Crippen molar-refractivity contribution in [1.29, 1.82) is 0 Å². The lowest BCUT2D eigenvalue weighted by molar-refractivity contribution is -0.149. The smallest absolute Gasteiger partial charge is 0.480 e. The normalized spacial score (nSPS) is 13.2. The zero-order chi connectivity index (χ0) is 25.0.